The summed E-state index contributed by atoms with van der Waals surface area (Å²) in [6, 6.07) is 6.18. The molecule has 2 amide bonds. The van der Waals surface area contributed by atoms with Gasteiger partial charge in [0.15, 0.2) is 11.8 Å². The van der Waals surface area contributed by atoms with Gasteiger partial charge in [0.1, 0.15) is 5.75 Å². The van der Waals surface area contributed by atoms with Gasteiger partial charge in [-0.3, -0.25) is 14.5 Å². The van der Waals surface area contributed by atoms with Crippen LogP contribution in [0.5, 0.6) is 5.75 Å². The first kappa shape index (κ1) is 19.0. The molecule has 1 unspecified atom stereocenters. The zero-order chi connectivity index (χ0) is 19.6. The van der Waals surface area contributed by atoms with Gasteiger partial charge >= 0.3 is 5.97 Å². The minimum absolute atomic E-state index is 0.0968. The maximum absolute atomic E-state index is 12.6. The molecule has 2 aliphatic rings. The number of nitrogens with two attached hydrogens (primary N) is 1. The van der Waals surface area contributed by atoms with Crippen LogP contribution < -0.4 is 10.5 Å². The van der Waals surface area contributed by atoms with E-state index < -0.39 is 17.9 Å². The molecule has 1 aromatic carbocycles. The fraction of sp³-hybridized carbons (Fsp3) is 0.333. The van der Waals surface area contributed by atoms with Crippen molar-refractivity contribution >= 4 is 34.7 Å². The molecule has 1 saturated heterocycles. The van der Waals surface area contributed by atoms with Crippen molar-refractivity contribution in [2.24, 2.45) is 10.7 Å². The van der Waals surface area contributed by atoms with E-state index in [0.717, 1.165) is 0 Å². The fourth-order valence-corrected chi connectivity index (χ4v) is 3.99. The van der Waals surface area contributed by atoms with Crippen molar-refractivity contribution in [3.8, 4) is 5.75 Å². The van der Waals surface area contributed by atoms with Crippen LogP contribution in [0.15, 0.2) is 40.5 Å². The highest BCUT2D eigenvalue weighted by Gasteiger charge is 2.41. The highest BCUT2D eigenvalue weighted by atomic mass is 32.2. The average Bonchev–Trinajstić information content (AvgIpc) is 2.65. The largest absolute Gasteiger partial charge is 0.484 e. The van der Waals surface area contributed by atoms with Crippen molar-refractivity contribution in [3.05, 3.63) is 41.1 Å². The predicted molar refractivity (Wildman–Crippen MR) is 99.9 cm³/mol. The Morgan fingerprint density at radius 1 is 1.33 bits per heavy atom. The number of esters is 1. The van der Waals surface area contributed by atoms with E-state index in [9.17, 15) is 14.4 Å². The second kappa shape index (κ2) is 7.83. The first-order valence-electron chi connectivity index (χ1n) is 8.26. The third-order valence-electron chi connectivity index (χ3n) is 4.19. The molecule has 1 fully saturated rings. The highest BCUT2D eigenvalue weighted by Crippen LogP contribution is 2.40. The predicted octanol–water partition coefficient (Wildman–Crippen LogP) is 1.37. The lowest BCUT2D eigenvalue weighted by Crippen LogP contribution is -2.45. The number of carbonyl (C=O) groups is 3. The molecule has 0 aliphatic carbocycles. The van der Waals surface area contributed by atoms with Crippen LogP contribution in [-0.4, -0.2) is 47.3 Å². The standard InChI is InChI=1S/C18H19N3O5S/c1-10-15(17(24)25-2)16(21-14(23)7-8-27-18(21)20-10)11-3-5-12(6-4-11)26-9-13(19)22/h3-6,16H,7-9H2,1-2H3,(H2,19,22). The minimum atomic E-state index is -0.629. The number of hydrogen-bond acceptors (Lipinski definition) is 7. The Morgan fingerprint density at radius 2 is 2.04 bits per heavy atom. The zero-order valence-electron chi connectivity index (χ0n) is 14.9. The smallest absolute Gasteiger partial charge is 0.338 e. The number of hydrogen-bond donors (Lipinski definition) is 1. The van der Waals surface area contributed by atoms with Gasteiger partial charge in [0, 0.05) is 12.2 Å². The summed E-state index contributed by atoms with van der Waals surface area (Å²) in [7, 11) is 1.30. The number of amidine groups is 1. The van der Waals surface area contributed by atoms with Crippen molar-refractivity contribution in [1.82, 2.24) is 4.90 Å². The Hall–Kier alpha value is -2.81. The molecule has 3 rings (SSSR count). The van der Waals surface area contributed by atoms with Gasteiger partial charge in [0.2, 0.25) is 5.91 Å². The maximum atomic E-state index is 12.6. The molecule has 0 bridgehead atoms. The molecule has 2 heterocycles. The molecule has 8 nitrogen and oxygen atoms in total. The summed E-state index contributed by atoms with van der Waals surface area (Å²) >= 11 is 1.48. The Labute approximate surface area is 160 Å². The van der Waals surface area contributed by atoms with E-state index in [1.807, 2.05) is 0 Å². The Bertz CT molecular complexity index is 847. The van der Waals surface area contributed by atoms with Crippen LogP contribution in [0.2, 0.25) is 0 Å². The maximum Gasteiger partial charge on any atom is 0.338 e. The van der Waals surface area contributed by atoms with E-state index in [4.69, 9.17) is 15.2 Å². The van der Waals surface area contributed by atoms with Crippen molar-refractivity contribution in [3.63, 3.8) is 0 Å². The molecule has 2 aliphatic heterocycles. The topological polar surface area (TPSA) is 111 Å². The number of methoxy groups -OCH3 is 1. The first-order chi connectivity index (χ1) is 12.9. The van der Waals surface area contributed by atoms with Gasteiger partial charge in [0.25, 0.3) is 5.91 Å². The molecule has 0 spiro atoms. The molecular weight excluding hydrogens is 370 g/mol. The molecule has 0 radical (unpaired) electrons. The van der Waals surface area contributed by atoms with Crippen LogP contribution in [0.25, 0.3) is 0 Å². The average molecular weight is 389 g/mol. The molecule has 1 atom stereocenters. The van der Waals surface area contributed by atoms with Crippen LogP contribution in [0.4, 0.5) is 0 Å². The van der Waals surface area contributed by atoms with Gasteiger partial charge in [-0.2, -0.15) is 0 Å². The van der Waals surface area contributed by atoms with Crippen molar-refractivity contribution < 1.29 is 23.9 Å². The van der Waals surface area contributed by atoms with E-state index in [-0.39, 0.29) is 12.5 Å². The number of amides is 2. The number of carbonyl (C=O) groups excluding carboxylic acids is 3. The molecule has 0 aromatic heterocycles. The number of aliphatic imine (C=N–C) groups is 1. The van der Waals surface area contributed by atoms with E-state index in [2.05, 4.69) is 4.99 Å². The lowest BCUT2D eigenvalue weighted by atomic mass is 9.94. The van der Waals surface area contributed by atoms with Gasteiger partial charge in [-0.15, -0.1) is 0 Å². The van der Waals surface area contributed by atoms with Crippen LogP contribution in [-0.2, 0) is 19.1 Å². The summed E-state index contributed by atoms with van der Waals surface area (Å²) in [4.78, 5) is 41.8. The number of ether oxygens (including phenoxy) is 2. The fourth-order valence-electron chi connectivity index (χ4n) is 2.98. The highest BCUT2D eigenvalue weighted by molar-refractivity contribution is 8.14. The summed E-state index contributed by atoms with van der Waals surface area (Å²) in [6.07, 6.45) is 0.369. The lowest BCUT2D eigenvalue weighted by Gasteiger charge is -2.38. The SMILES string of the molecule is COC(=O)C1=C(C)N=C2SCCC(=O)N2C1c1ccc(OCC(N)=O)cc1. The Morgan fingerprint density at radius 3 is 2.67 bits per heavy atom. The number of rotatable bonds is 5. The number of fused-ring (bicyclic) bond motifs is 1. The molecule has 0 saturated carbocycles. The summed E-state index contributed by atoms with van der Waals surface area (Å²) in [5.41, 5.74) is 6.63. The van der Waals surface area contributed by atoms with Crippen molar-refractivity contribution in [2.75, 3.05) is 19.5 Å². The van der Waals surface area contributed by atoms with Gasteiger partial charge in [-0.05, 0) is 24.6 Å². The number of thioether (sulfide) groups is 1. The molecule has 27 heavy (non-hydrogen) atoms. The second-order valence-corrected chi connectivity index (χ2v) is 7.04. The number of nitrogens with zero attached hydrogens (tertiary/aromatic N) is 2. The van der Waals surface area contributed by atoms with Gasteiger partial charge in [-0.1, -0.05) is 23.9 Å². The van der Waals surface area contributed by atoms with Crippen molar-refractivity contribution in [2.45, 2.75) is 19.4 Å². The Kier molecular flexibility index (Phi) is 5.50. The molecule has 9 heteroatoms. The summed E-state index contributed by atoms with van der Waals surface area (Å²) in [6.45, 7) is 1.50. The zero-order valence-corrected chi connectivity index (χ0v) is 15.7. The second-order valence-electron chi connectivity index (χ2n) is 5.97. The van der Waals surface area contributed by atoms with Gasteiger partial charge in [-0.25, -0.2) is 9.79 Å². The van der Waals surface area contributed by atoms with Crippen LogP contribution in [0, 0.1) is 0 Å². The molecule has 2 N–H and O–H groups in total. The Balaban J connectivity index is 2.01. The number of primary amides is 1. The third-order valence-corrected chi connectivity index (χ3v) is 5.14. The third kappa shape index (κ3) is 3.82. The quantitative estimate of drug-likeness (QED) is 0.762. The monoisotopic (exact) mass is 389 g/mol. The summed E-state index contributed by atoms with van der Waals surface area (Å²) in [5.74, 6) is -0.0866. The number of benzene rings is 1. The van der Waals surface area contributed by atoms with Crippen molar-refractivity contribution in [1.29, 1.82) is 0 Å². The van der Waals surface area contributed by atoms with Gasteiger partial charge in [0.05, 0.1) is 24.4 Å². The summed E-state index contributed by atoms with van der Waals surface area (Å²) in [5, 5.41) is 0.579. The number of allylic oxidation sites excluding steroid dienone is 1. The van der Waals surface area contributed by atoms with Crippen LogP contribution >= 0.6 is 11.8 Å². The van der Waals surface area contributed by atoms with Crippen LogP contribution in [0.1, 0.15) is 24.9 Å². The van der Waals surface area contributed by atoms with E-state index >= 15 is 0 Å². The van der Waals surface area contributed by atoms with E-state index in [1.165, 1.54) is 18.9 Å². The minimum Gasteiger partial charge on any atom is -0.484 e. The summed E-state index contributed by atoms with van der Waals surface area (Å²) < 4.78 is 10.2. The molecule has 1 aromatic rings. The van der Waals surface area contributed by atoms with Gasteiger partial charge < -0.3 is 15.2 Å². The molecule has 142 valence electrons. The lowest BCUT2D eigenvalue weighted by molar-refractivity contribution is -0.137. The van der Waals surface area contributed by atoms with Crippen LogP contribution in [0.3, 0.4) is 0 Å². The van der Waals surface area contributed by atoms with E-state index in [1.54, 1.807) is 36.1 Å². The van der Waals surface area contributed by atoms with E-state index in [0.29, 0.717) is 39.9 Å². The first-order valence-corrected chi connectivity index (χ1v) is 9.24. The molecular formula is C18H19N3O5S. The normalized spacial score (nSPS) is 19.3.